The van der Waals surface area contributed by atoms with Gasteiger partial charge in [-0.2, -0.15) is 0 Å². The molecule has 3 atom stereocenters. The van der Waals surface area contributed by atoms with E-state index in [4.69, 9.17) is 9.47 Å². The van der Waals surface area contributed by atoms with Crippen LogP contribution in [-0.2, 0) is 15.9 Å². The Morgan fingerprint density at radius 2 is 2.05 bits per heavy atom. The van der Waals surface area contributed by atoms with Crippen molar-refractivity contribution < 1.29 is 18.3 Å². The standard InChI is InChI=1S/C17H24F2O2/c1-2-3-11-20-16-12-14(17(18)19)15(21-16)10-9-13-7-5-4-6-8-13/h4-8,14-17H,2-3,9-12H2,1H3. The lowest BCUT2D eigenvalue weighted by Crippen LogP contribution is -2.23. The summed E-state index contributed by atoms with van der Waals surface area (Å²) in [5, 5.41) is 0. The first kappa shape index (κ1) is 16.4. The van der Waals surface area contributed by atoms with Crippen molar-refractivity contribution in [2.75, 3.05) is 6.61 Å². The molecule has 0 N–H and O–H groups in total. The van der Waals surface area contributed by atoms with Gasteiger partial charge in [0.2, 0.25) is 6.43 Å². The molecule has 2 rings (SSSR count). The molecule has 0 radical (unpaired) electrons. The van der Waals surface area contributed by atoms with E-state index in [1.165, 1.54) is 0 Å². The summed E-state index contributed by atoms with van der Waals surface area (Å²) in [4.78, 5) is 0. The summed E-state index contributed by atoms with van der Waals surface area (Å²) in [6, 6.07) is 9.91. The summed E-state index contributed by atoms with van der Waals surface area (Å²) in [6.07, 6.45) is 0.443. The predicted molar refractivity (Wildman–Crippen MR) is 78.4 cm³/mol. The van der Waals surface area contributed by atoms with Crippen LogP contribution in [0.15, 0.2) is 30.3 Å². The van der Waals surface area contributed by atoms with E-state index < -0.39 is 24.7 Å². The van der Waals surface area contributed by atoms with E-state index in [0.717, 1.165) is 24.8 Å². The van der Waals surface area contributed by atoms with Gasteiger partial charge in [0.15, 0.2) is 6.29 Å². The number of rotatable bonds is 8. The molecule has 3 unspecified atom stereocenters. The number of halogens is 2. The molecular weight excluding hydrogens is 274 g/mol. The Kier molecular flexibility index (Phi) is 6.58. The average Bonchev–Trinajstić information content (AvgIpc) is 2.90. The molecule has 1 aromatic rings. The van der Waals surface area contributed by atoms with Crippen LogP contribution in [0.25, 0.3) is 0 Å². The maximum Gasteiger partial charge on any atom is 0.244 e. The minimum atomic E-state index is -2.34. The first-order valence-electron chi connectivity index (χ1n) is 7.79. The van der Waals surface area contributed by atoms with Gasteiger partial charge in [0.05, 0.1) is 12.0 Å². The Morgan fingerprint density at radius 3 is 2.71 bits per heavy atom. The lowest BCUT2D eigenvalue weighted by Gasteiger charge is -2.17. The van der Waals surface area contributed by atoms with Crippen molar-refractivity contribution >= 4 is 0 Å². The first-order valence-corrected chi connectivity index (χ1v) is 7.79. The van der Waals surface area contributed by atoms with Gasteiger partial charge in [0, 0.05) is 13.0 Å². The molecule has 1 fully saturated rings. The number of aryl methyl sites for hydroxylation is 1. The SMILES string of the molecule is CCCCOC1CC(C(F)F)C(CCc2ccccc2)O1. The normalized spacial score (nSPS) is 25.6. The van der Waals surface area contributed by atoms with Gasteiger partial charge >= 0.3 is 0 Å². The van der Waals surface area contributed by atoms with Crippen LogP contribution in [0.1, 0.15) is 38.2 Å². The summed E-state index contributed by atoms with van der Waals surface area (Å²) >= 11 is 0. The van der Waals surface area contributed by atoms with Gasteiger partial charge in [0.1, 0.15) is 0 Å². The lowest BCUT2D eigenvalue weighted by molar-refractivity contribution is -0.137. The number of hydrogen-bond acceptors (Lipinski definition) is 2. The molecule has 1 saturated heterocycles. The molecule has 118 valence electrons. The molecule has 0 bridgehead atoms. The molecule has 2 nitrogen and oxygen atoms in total. The second-order valence-corrected chi connectivity index (χ2v) is 5.59. The second kappa shape index (κ2) is 8.44. The van der Waals surface area contributed by atoms with E-state index in [0.29, 0.717) is 19.4 Å². The summed E-state index contributed by atoms with van der Waals surface area (Å²) in [7, 11) is 0. The number of ether oxygens (including phenoxy) is 2. The summed E-state index contributed by atoms with van der Waals surface area (Å²) < 4.78 is 37.5. The minimum absolute atomic E-state index is 0.306. The zero-order valence-corrected chi connectivity index (χ0v) is 12.5. The molecule has 0 saturated carbocycles. The number of hydrogen-bond donors (Lipinski definition) is 0. The topological polar surface area (TPSA) is 18.5 Å². The molecule has 0 aliphatic carbocycles. The van der Waals surface area contributed by atoms with Crippen molar-refractivity contribution in [2.45, 2.75) is 57.8 Å². The minimum Gasteiger partial charge on any atom is -0.353 e. The Hall–Kier alpha value is -1.00. The monoisotopic (exact) mass is 298 g/mol. The lowest BCUT2D eigenvalue weighted by atomic mass is 9.96. The Balaban J connectivity index is 1.84. The number of unbranched alkanes of at least 4 members (excludes halogenated alkanes) is 1. The van der Waals surface area contributed by atoms with Crippen molar-refractivity contribution in [3.8, 4) is 0 Å². The molecule has 1 aliphatic heterocycles. The van der Waals surface area contributed by atoms with Crippen LogP contribution in [0.4, 0.5) is 8.78 Å². The van der Waals surface area contributed by atoms with Crippen molar-refractivity contribution in [1.29, 1.82) is 0 Å². The summed E-state index contributed by atoms with van der Waals surface area (Å²) in [5.41, 5.74) is 1.16. The third kappa shape index (κ3) is 5.04. The highest BCUT2D eigenvalue weighted by Crippen LogP contribution is 2.34. The van der Waals surface area contributed by atoms with Gasteiger partial charge in [-0.25, -0.2) is 8.78 Å². The maximum absolute atomic E-state index is 13.1. The molecule has 1 aromatic carbocycles. The van der Waals surface area contributed by atoms with Crippen molar-refractivity contribution in [1.82, 2.24) is 0 Å². The first-order chi connectivity index (χ1) is 10.2. The molecule has 0 amide bonds. The van der Waals surface area contributed by atoms with E-state index in [-0.39, 0.29) is 0 Å². The highest BCUT2D eigenvalue weighted by molar-refractivity contribution is 5.14. The Labute approximate surface area is 125 Å². The maximum atomic E-state index is 13.1. The molecule has 21 heavy (non-hydrogen) atoms. The Morgan fingerprint density at radius 1 is 1.29 bits per heavy atom. The van der Waals surface area contributed by atoms with Gasteiger partial charge in [0.25, 0.3) is 0 Å². The fraction of sp³-hybridized carbons (Fsp3) is 0.647. The van der Waals surface area contributed by atoms with Crippen LogP contribution >= 0.6 is 0 Å². The van der Waals surface area contributed by atoms with Crippen LogP contribution in [0, 0.1) is 5.92 Å². The van der Waals surface area contributed by atoms with E-state index in [2.05, 4.69) is 6.92 Å². The van der Waals surface area contributed by atoms with Crippen molar-refractivity contribution in [3.05, 3.63) is 35.9 Å². The molecular formula is C17H24F2O2. The molecule has 0 spiro atoms. The quantitative estimate of drug-likeness (QED) is 0.661. The average molecular weight is 298 g/mol. The van der Waals surface area contributed by atoms with Gasteiger partial charge in [-0.05, 0) is 24.8 Å². The zero-order chi connectivity index (χ0) is 15.1. The molecule has 1 heterocycles. The second-order valence-electron chi connectivity index (χ2n) is 5.59. The largest absolute Gasteiger partial charge is 0.353 e. The highest BCUT2D eigenvalue weighted by atomic mass is 19.3. The van der Waals surface area contributed by atoms with Gasteiger partial charge in [-0.1, -0.05) is 43.7 Å². The van der Waals surface area contributed by atoms with Crippen LogP contribution < -0.4 is 0 Å². The van der Waals surface area contributed by atoms with Crippen LogP contribution in [0.2, 0.25) is 0 Å². The summed E-state index contributed by atoms with van der Waals surface area (Å²) in [5.74, 6) is -0.708. The molecule has 0 aromatic heterocycles. The third-order valence-corrected chi connectivity index (χ3v) is 3.95. The summed E-state index contributed by atoms with van der Waals surface area (Å²) in [6.45, 7) is 2.66. The van der Waals surface area contributed by atoms with E-state index in [9.17, 15) is 8.78 Å². The molecule has 1 aliphatic rings. The third-order valence-electron chi connectivity index (χ3n) is 3.95. The molecule has 4 heteroatoms. The van der Waals surface area contributed by atoms with E-state index >= 15 is 0 Å². The van der Waals surface area contributed by atoms with Gasteiger partial charge in [-0.3, -0.25) is 0 Å². The van der Waals surface area contributed by atoms with Crippen LogP contribution in [-0.4, -0.2) is 25.4 Å². The van der Waals surface area contributed by atoms with Crippen LogP contribution in [0.5, 0.6) is 0 Å². The van der Waals surface area contributed by atoms with Crippen molar-refractivity contribution in [3.63, 3.8) is 0 Å². The fourth-order valence-corrected chi connectivity index (χ4v) is 2.69. The van der Waals surface area contributed by atoms with Crippen LogP contribution in [0.3, 0.4) is 0 Å². The van der Waals surface area contributed by atoms with E-state index in [1.54, 1.807) is 0 Å². The fourth-order valence-electron chi connectivity index (χ4n) is 2.69. The number of benzene rings is 1. The smallest absolute Gasteiger partial charge is 0.244 e. The van der Waals surface area contributed by atoms with Crippen molar-refractivity contribution in [2.24, 2.45) is 5.92 Å². The zero-order valence-electron chi connectivity index (χ0n) is 12.5. The number of alkyl halides is 2. The van der Waals surface area contributed by atoms with Gasteiger partial charge < -0.3 is 9.47 Å². The van der Waals surface area contributed by atoms with Gasteiger partial charge in [-0.15, -0.1) is 0 Å². The predicted octanol–water partition coefficient (Wildman–Crippen LogP) is 4.43. The van der Waals surface area contributed by atoms with E-state index in [1.807, 2.05) is 30.3 Å². The highest BCUT2D eigenvalue weighted by Gasteiger charge is 2.40. The Bertz CT molecular complexity index is 397.